The van der Waals surface area contributed by atoms with Crippen LogP contribution < -0.4 is 11.1 Å². The largest absolute Gasteiger partial charge is 0.379 e. The molecule has 0 radical (unpaired) electrons. The van der Waals surface area contributed by atoms with Crippen molar-refractivity contribution in [1.82, 2.24) is 4.90 Å². The summed E-state index contributed by atoms with van der Waals surface area (Å²) in [4.78, 5) is 15.2. The first-order valence-electron chi connectivity index (χ1n) is 10.1. The summed E-state index contributed by atoms with van der Waals surface area (Å²) in [6, 6.07) is 8.59. The van der Waals surface area contributed by atoms with E-state index in [4.69, 9.17) is 10.5 Å². The zero-order chi connectivity index (χ0) is 17.9. The second-order valence-corrected chi connectivity index (χ2v) is 8.27. The first-order valence-corrected chi connectivity index (χ1v) is 10.1. The predicted molar refractivity (Wildman–Crippen MR) is 103 cm³/mol. The lowest BCUT2D eigenvalue weighted by Crippen LogP contribution is -2.48. The molecule has 26 heavy (non-hydrogen) atoms. The van der Waals surface area contributed by atoms with Crippen LogP contribution in [-0.2, 0) is 16.1 Å². The average Bonchev–Trinajstić information content (AvgIpc) is 2.62. The lowest BCUT2D eigenvalue weighted by atomic mass is 9.65. The Labute approximate surface area is 156 Å². The fraction of sp³-hybridized carbons (Fsp3) is 0.667. The van der Waals surface area contributed by atoms with Crippen LogP contribution in [0.5, 0.6) is 0 Å². The monoisotopic (exact) mass is 357 g/mol. The molecule has 3 aliphatic rings. The van der Waals surface area contributed by atoms with E-state index < -0.39 is 0 Å². The Morgan fingerprint density at radius 3 is 2.65 bits per heavy atom. The maximum Gasteiger partial charge on any atom is 0.227 e. The van der Waals surface area contributed by atoms with Gasteiger partial charge in [-0.2, -0.15) is 0 Å². The van der Waals surface area contributed by atoms with Crippen LogP contribution in [0.2, 0.25) is 0 Å². The number of carbonyl (C=O) groups is 1. The number of amides is 1. The van der Waals surface area contributed by atoms with Gasteiger partial charge in [-0.25, -0.2) is 0 Å². The molecule has 5 nitrogen and oxygen atoms in total. The number of rotatable bonds is 4. The molecule has 2 atom stereocenters. The van der Waals surface area contributed by atoms with Gasteiger partial charge in [-0.1, -0.05) is 18.6 Å². The molecule has 1 aliphatic heterocycles. The summed E-state index contributed by atoms with van der Waals surface area (Å²) in [7, 11) is 0. The summed E-state index contributed by atoms with van der Waals surface area (Å²) in [6.07, 6.45) is 5.57. The van der Waals surface area contributed by atoms with Gasteiger partial charge in [-0.3, -0.25) is 9.69 Å². The van der Waals surface area contributed by atoms with E-state index in [1.165, 1.54) is 24.8 Å². The minimum absolute atomic E-state index is 0.119. The van der Waals surface area contributed by atoms with Crippen molar-refractivity contribution in [2.24, 2.45) is 23.5 Å². The van der Waals surface area contributed by atoms with Crippen molar-refractivity contribution in [3.63, 3.8) is 0 Å². The van der Waals surface area contributed by atoms with Gasteiger partial charge in [0.25, 0.3) is 0 Å². The van der Waals surface area contributed by atoms with E-state index in [-0.39, 0.29) is 11.8 Å². The van der Waals surface area contributed by atoms with Crippen molar-refractivity contribution in [3.8, 4) is 0 Å². The number of morpholine rings is 1. The van der Waals surface area contributed by atoms with Gasteiger partial charge in [0.05, 0.1) is 13.2 Å². The summed E-state index contributed by atoms with van der Waals surface area (Å²) in [6.45, 7) is 4.48. The van der Waals surface area contributed by atoms with Gasteiger partial charge in [-0.05, 0) is 55.2 Å². The summed E-state index contributed by atoms with van der Waals surface area (Å²) >= 11 is 0. The van der Waals surface area contributed by atoms with Gasteiger partial charge in [-0.15, -0.1) is 0 Å². The number of nitrogens with two attached hydrogens (primary N) is 1. The zero-order valence-electron chi connectivity index (χ0n) is 15.5. The third-order valence-corrected chi connectivity index (χ3v) is 6.49. The summed E-state index contributed by atoms with van der Waals surface area (Å²) in [5, 5.41) is 3.17. The molecule has 0 aromatic heterocycles. The molecule has 1 aromatic rings. The molecule has 2 unspecified atom stereocenters. The SMILES string of the molecule is NC1C2CCCC1CC(C(=O)Nc1cccc(CN3CCOCC3)c1)C2. The topological polar surface area (TPSA) is 67.6 Å². The van der Waals surface area contributed by atoms with Crippen LogP contribution in [0.1, 0.15) is 37.7 Å². The molecule has 3 N–H and O–H groups in total. The lowest BCUT2D eigenvalue weighted by Gasteiger charge is -2.43. The maximum absolute atomic E-state index is 12.8. The zero-order valence-corrected chi connectivity index (χ0v) is 15.5. The van der Waals surface area contributed by atoms with Crippen LogP contribution in [0, 0.1) is 17.8 Å². The molecule has 1 saturated heterocycles. The van der Waals surface area contributed by atoms with Crippen LogP contribution in [0.25, 0.3) is 0 Å². The number of fused-ring (bicyclic) bond motifs is 2. The quantitative estimate of drug-likeness (QED) is 0.869. The van der Waals surface area contributed by atoms with E-state index >= 15 is 0 Å². The van der Waals surface area contributed by atoms with E-state index in [1.807, 2.05) is 12.1 Å². The molecular formula is C21H31N3O2. The van der Waals surface area contributed by atoms with Crippen molar-refractivity contribution in [2.45, 2.75) is 44.7 Å². The normalized spacial score (nSPS) is 32.2. The Morgan fingerprint density at radius 2 is 1.92 bits per heavy atom. The predicted octanol–water partition coefficient (Wildman–Crippen LogP) is 2.61. The molecule has 1 heterocycles. The first-order chi connectivity index (χ1) is 12.7. The van der Waals surface area contributed by atoms with Gasteiger partial charge in [0, 0.05) is 37.3 Å². The van der Waals surface area contributed by atoms with Crippen molar-refractivity contribution in [1.29, 1.82) is 0 Å². The van der Waals surface area contributed by atoms with E-state index in [0.717, 1.165) is 51.4 Å². The number of benzene rings is 1. The standard InChI is InChI=1S/C21H31N3O2/c22-20-16-4-2-5-17(20)13-18(12-16)21(25)23-19-6-1-3-15(11-19)14-24-7-9-26-10-8-24/h1,3,6,11,16-18,20H,2,4-5,7-10,12-14,22H2,(H,23,25). The smallest absolute Gasteiger partial charge is 0.227 e. The minimum atomic E-state index is 0.119. The van der Waals surface area contributed by atoms with Crippen LogP contribution in [0.4, 0.5) is 5.69 Å². The minimum Gasteiger partial charge on any atom is -0.379 e. The molecule has 5 heteroatoms. The number of hydrogen-bond acceptors (Lipinski definition) is 4. The number of ether oxygens (including phenoxy) is 1. The van der Waals surface area contributed by atoms with E-state index in [0.29, 0.717) is 17.9 Å². The highest BCUT2D eigenvalue weighted by atomic mass is 16.5. The van der Waals surface area contributed by atoms with Gasteiger partial charge in [0.15, 0.2) is 0 Å². The molecule has 4 rings (SSSR count). The molecule has 142 valence electrons. The molecule has 3 fully saturated rings. The Morgan fingerprint density at radius 1 is 1.19 bits per heavy atom. The van der Waals surface area contributed by atoms with Crippen molar-refractivity contribution < 1.29 is 9.53 Å². The average molecular weight is 357 g/mol. The Kier molecular flexibility index (Phi) is 5.57. The highest BCUT2D eigenvalue weighted by Gasteiger charge is 2.40. The van der Waals surface area contributed by atoms with E-state index in [1.54, 1.807) is 0 Å². The number of nitrogens with one attached hydrogen (secondary N) is 1. The third-order valence-electron chi connectivity index (χ3n) is 6.49. The van der Waals surface area contributed by atoms with Gasteiger partial charge in [0.1, 0.15) is 0 Å². The number of hydrogen-bond donors (Lipinski definition) is 2. The van der Waals surface area contributed by atoms with Crippen molar-refractivity contribution >= 4 is 11.6 Å². The molecular weight excluding hydrogens is 326 g/mol. The highest BCUT2D eigenvalue weighted by Crippen LogP contribution is 2.42. The molecule has 2 bridgehead atoms. The fourth-order valence-electron chi connectivity index (χ4n) is 5.01. The first kappa shape index (κ1) is 18.0. The van der Waals surface area contributed by atoms with Crippen LogP contribution >= 0.6 is 0 Å². The van der Waals surface area contributed by atoms with E-state index in [2.05, 4.69) is 22.3 Å². The fourth-order valence-corrected chi connectivity index (χ4v) is 5.01. The lowest BCUT2D eigenvalue weighted by molar-refractivity contribution is -0.122. The number of carbonyl (C=O) groups excluding carboxylic acids is 1. The van der Waals surface area contributed by atoms with Crippen LogP contribution in [0.3, 0.4) is 0 Å². The number of nitrogens with zero attached hydrogens (tertiary/aromatic N) is 1. The van der Waals surface area contributed by atoms with Gasteiger partial charge >= 0.3 is 0 Å². The van der Waals surface area contributed by atoms with Crippen molar-refractivity contribution in [2.75, 3.05) is 31.6 Å². The molecule has 1 aromatic carbocycles. The summed E-state index contributed by atoms with van der Waals surface area (Å²) in [5.41, 5.74) is 8.52. The Bertz CT molecular complexity index is 615. The molecule has 0 spiro atoms. The Hall–Kier alpha value is -1.43. The van der Waals surface area contributed by atoms with Crippen LogP contribution in [-0.4, -0.2) is 43.2 Å². The Balaban J connectivity index is 1.36. The second-order valence-electron chi connectivity index (χ2n) is 8.27. The maximum atomic E-state index is 12.8. The van der Waals surface area contributed by atoms with E-state index in [9.17, 15) is 4.79 Å². The van der Waals surface area contributed by atoms with Gasteiger partial charge < -0.3 is 15.8 Å². The summed E-state index contributed by atoms with van der Waals surface area (Å²) in [5.74, 6) is 1.36. The molecule has 1 amide bonds. The highest BCUT2D eigenvalue weighted by molar-refractivity contribution is 5.92. The third kappa shape index (κ3) is 4.11. The molecule has 2 aliphatic carbocycles. The molecule has 2 saturated carbocycles. The second kappa shape index (κ2) is 8.07. The summed E-state index contributed by atoms with van der Waals surface area (Å²) < 4.78 is 5.41. The van der Waals surface area contributed by atoms with Gasteiger partial charge in [0.2, 0.25) is 5.91 Å². The van der Waals surface area contributed by atoms with Crippen LogP contribution in [0.15, 0.2) is 24.3 Å². The van der Waals surface area contributed by atoms with Crippen molar-refractivity contribution in [3.05, 3.63) is 29.8 Å². The number of anilines is 1.